The molecule has 0 aliphatic heterocycles. The van der Waals surface area contributed by atoms with Crippen molar-refractivity contribution in [2.75, 3.05) is 0 Å². The highest BCUT2D eigenvalue weighted by Gasteiger charge is 2.31. The lowest BCUT2D eigenvalue weighted by atomic mass is 10.1. The monoisotopic (exact) mass is 244 g/mol. The third kappa shape index (κ3) is 2.77. The highest BCUT2D eigenvalue weighted by Crippen LogP contribution is 2.26. The minimum atomic E-state index is -1.77. The summed E-state index contributed by atoms with van der Waals surface area (Å²) < 4.78 is 31.5. The SMILES string of the molecule is CC(C)(Oc1c(F)cc(C=O)cc1F)C(=O)O. The Balaban J connectivity index is 3.16. The maximum absolute atomic E-state index is 13.4. The van der Waals surface area contributed by atoms with E-state index < -0.39 is 29.0 Å². The predicted molar refractivity (Wildman–Crippen MR) is 54.1 cm³/mol. The summed E-state index contributed by atoms with van der Waals surface area (Å²) in [5.41, 5.74) is -1.97. The van der Waals surface area contributed by atoms with Gasteiger partial charge in [0.25, 0.3) is 0 Å². The quantitative estimate of drug-likeness (QED) is 0.823. The zero-order chi connectivity index (χ0) is 13.2. The Kier molecular flexibility index (Phi) is 3.45. The van der Waals surface area contributed by atoms with Gasteiger partial charge in [-0.2, -0.15) is 0 Å². The summed E-state index contributed by atoms with van der Waals surface area (Å²) in [6.07, 6.45) is 0.276. The maximum atomic E-state index is 13.4. The lowest BCUT2D eigenvalue weighted by molar-refractivity contribution is -0.152. The minimum absolute atomic E-state index is 0.194. The molecule has 0 fully saturated rings. The van der Waals surface area contributed by atoms with Gasteiger partial charge in [0.05, 0.1) is 0 Å². The van der Waals surface area contributed by atoms with Crippen molar-refractivity contribution in [1.82, 2.24) is 0 Å². The number of carbonyl (C=O) groups excluding carboxylic acids is 1. The van der Waals surface area contributed by atoms with Gasteiger partial charge >= 0.3 is 5.97 Å². The van der Waals surface area contributed by atoms with Gasteiger partial charge in [-0.25, -0.2) is 13.6 Å². The first-order valence-corrected chi connectivity index (χ1v) is 4.64. The molecule has 0 aliphatic carbocycles. The molecule has 0 atom stereocenters. The first kappa shape index (κ1) is 13.1. The second-order valence-corrected chi connectivity index (χ2v) is 3.85. The van der Waals surface area contributed by atoms with Crippen molar-refractivity contribution in [2.45, 2.75) is 19.4 Å². The third-order valence-corrected chi connectivity index (χ3v) is 2.03. The van der Waals surface area contributed by atoms with Crippen LogP contribution >= 0.6 is 0 Å². The van der Waals surface area contributed by atoms with Crippen LogP contribution in [0.2, 0.25) is 0 Å². The number of aliphatic carboxylic acids is 1. The van der Waals surface area contributed by atoms with Crippen molar-refractivity contribution in [1.29, 1.82) is 0 Å². The Labute approximate surface area is 95.8 Å². The van der Waals surface area contributed by atoms with Gasteiger partial charge in [0.15, 0.2) is 23.0 Å². The molecule has 4 nitrogen and oxygen atoms in total. The van der Waals surface area contributed by atoms with E-state index in [1.807, 2.05) is 0 Å². The van der Waals surface area contributed by atoms with Crippen LogP contribution in [0.4, 0.5) is 8.78 Å². The van der Waals surface area contributed by atoms with Crippen LogP contribution in [0, 0.1) is 11.6 Å². The number of carboxylic acids is 1. The normalized spacial score (nSPS) is 11.1. The number of rotatable bonds is 4. The van der Waals surface area contributed by atoms with Gasteiger partial charge in [-0.15, -0.1) is 0 Å². The van der Waals surface area contributed by atoms with Crippen molar-refractivity contribution < 1.29 is 28.2 Å². The molecule has 0 saturated heterocycles. The summed E-state index contributed by atoms with van der Waals surface area (Å²) >= 11 is 0. The number of benzene rings is 1. The number of carbonyl (C=O) groups is 2. The molecule has 0 unspecified atom stereocenters. The molecule has 0 spiro atoms. The first-order chi connectivity index (χ1) is 7.77. The van der Waals surface area contributed by atoms with E-state index in [2.05, 4.69) is 0 Å². The molecule has 0 radical (unpaired) electrons. The summed E-state index contributed by atoms with van der Waals surface area (Å²) in [4.78, 5) is 21.1. The molecule has 0 amide bonds. The van der Waals surface area contributed by atoms with E-state index in [0.717, 1.165) is 26.0 Å². The van der Waals surface area contributed by atoms with Gasteiger partial charge in [0.2, 0.25) is 0 Å². The fraction of sp³-hybridized carbons (Fsp3) is 0.273. The van der Waals surface area contributed by atoms with Gasteiger partial charge in [-0.1, -0.05) is 0 Å². The zero-order valence-electron chi connectivity index (χ0n) is 9.16. The molecular weight excluding hydrogens is 234 g/mol. The zero-order valence-corrected chi connectivity index (χ0v) is 9.16. The molecule has 0 aliphatic rings. The third-order valence-electron chi connectivity index (χ3n) is 2.03. The molecule has 0 bridgehead atoms. The average Bonchev–Trinajstić information content (AvgIpc) is 2.22. The summed E-state index contributed by atoms with van der Waals surface area (Å²) in [7, 11) is 0. The number of halogens is 2. The fourth-order valence-corrected chi connectivity index (χ4v) is 1.04. The van der Waals surface area contributed by atoms with E-state index in [4.69, 9.17) is 9.84 Å². The van der Waals surface area contributed by atoms with Crippen LogP contribution < -0.4 is 4.74 Å². The van der Waals surface area contributed by atoms with E-state index in [9.17, 15) is 18.4 Å². The molecule has 1 rings (SSSR count). The number of hydrogen-bond donors (Lipinski definition) is 1. The lowest BCUT2D eigenvalue weighted by Gasteiger charge is -2.22. The van der Waals surface area contributed by atoms with Gasteiger partial charge in [-0.3, -0.25) is 4.79 Å². The Bertz CT molecular complexity index is 446. The van der Waals surface area contributed by atoms with E-state index in [-0.39, 0.29) is 11.8 Å². The van der Waals surface area contributed by atoms with Crippen LogP contribution in [0.1, 0.15) is 24.2 Å². The number of aldehydes is 1. The Morgan fingerprint density at radius 1 is 1.35 bits per heavy atom. The summed E-state index contributed by atoms with van der Waals surface area (Å²) in [6, 6.07) is 1.53. The summed E-state index contributed by atoms with van der Waals surface area (Å²) in [5.74, 6) is -4.43. The highest BCUT2D eigenvalue weighted by molar-refractivity contribution is 5.77. The molecule has 1 N–H and O–H groups in total. The first-order valence-electron chi connectivity index (χ1n) is 4.64. The summed E-state index contributed by atoms with van der Waals surface area (Å²) in [5, 5.41) is 8.76. The smallest absolute Gasteiger partial charge is 0.347 e. The second-order valence-electron chi connectivity index (χ2n) is 3.85. The molecule has 0 heterocycles. The second kappa shape index (κ2) is 4.48. The highest BCUT2D eigenvalue weighted by atomic mass is 19.1. The van der Waals surface area contributed by atoms with E-state index in [1.165, 1.54) is 0 Å². The van der Waals surface area contributed by atoms with Crippen LogP contribution in [0.5, 0.6) is 5.75 Å². The van der Waals surface area contributed by atoms with E-state index in [0.29, 0.717) is 0 Å². The average molecular weight is 244 g/mol. The number of carboxylic acid groups (broad SMARTS) is 1. The van der Waals surface area contributed by atoms with Crippen molar-refractivity contribution >= 4 is 12.3 Å². The predicted octanol–water partition coefficient (Wildman–Crippen LogP) is 2.02. The minimum Gasteiger partial charge on any atom is -0.478 e. The lowest BCUT2D eigenvalue weighted by Crippen LogP contribution is -2.38. The Morgan fingerprint density at radius 3 is 2.18 bits per heavy atom. The van der Waals surface area contributed by atoms with E-state index >= 15 is 0 Å². The van der Waals surface area contributed by atoms with Crippen LogP contribution in [0.15, 0.2) is 12.1 Å². The molecular formula is C11H10F2O4. The van der Waals surface area contributed by atoms with Crippen LogP contribution in [0.25, 0.3) is 0 Å². The van der Waals surface area contributed by atoms with Crippen LogP contribution in [-0.2, 0) is 4.79 Å². The van der Waals surface area contributed by atoms with Crippen LogP contribution in [0.3, 0.4) is 0 Å². The van der Waals surface area contributed by atoms with Gasteiger partial charge in [0, 0.05) is 5.56 Å². The Morgan fingerprint density at radius 2 is 1.82 bits per heavy atom. The molecule has 1 aromatic carbocycles. The van der Waals surface area contributed by atoms with Crippen LogP contribution in [-0.4, -0.2) is 23.0 Å². The Hall–Kier alpha value is -1.98. The molecule has 0 saturated carbocycles. The largest absolute Gasteiger partial charge is 0.478 e. The number of ether oxygens (including phenoxy) is 1. The molecule has 1 aromatic rings. The van der Waals surface area contributed by atoms with E-state index in [1.54, 1.807) is 0 Å². The topological polar surface area (TPSA) is 63.6 Å². The molecule has 92 valence electrons. The van der Waals surface area contributed by atoms with Crippen molar-refractivity contribution in [2.24, 2.45) is 0 Å². The van der Waals surface area contributed by atoms with Crippen molar-refractivity contribution in [3.63, 3.8) is 0 Å². The fourth-order valence-electron chi connectivity index (χ4n) is 1.04. The molecule has 0 aromatic heterocycles. The van der Waals surface area contributed by atoms with Crippen molar-refractivity contribution in [3.8, 4) is 5.75 Å². The van der Waals surface area contributed by atoms with Gasteiger partial charge < -0.3 is 9.84 Å². The maximum Gasteiger partial charge on any atom is 0.347 e. The van der Waals surface area contributed by atoms with Crippen molar-refractivity contribution in [3.05, 3.63) is 29.3 Å². The standard InChI is InChI=1S/C11H10F2O4/c1-11(2,10(15)16)17-9-7(12)3-6(5-14)4-8(9)13/h3-5H,1-2H3,(H,15,16). The molecule has 17 heavy (non-hydrogen) atoms. The summed E-state index contributed by atoms with van der Waals surface area (Å²) in [6.45, 7) is 2.31. The van der Waals surface area contributed by atoms with Gasteiger partial charge in [0.1, 0.15) is 6.29 Å². The molecule has 6 heteroatoms. The van der Waals surface area contributed by atoms with Gasteiger partial charge in [-0.05, 0) is 26.0 Å². The number of hydrogen-bond acceptors (Lipinski definition) is 3.